The van der Waals surface area contributed by atoms with Crippen molar-refractivity contribution in [3.05, 3.63) is 63.8 Å². The molecule has 1 N–H and O–H groups in total. The molecule has 1 unspecified atom stereocenters. The van der Waals surface area contributed by atoms with Crippen LogP contribution in [0, 0.1) is 13.8 Å². The maximum atomic E-state index is 11.4. The molecule has 2 aromatic heterocycles. The second-order valence-electron chi connectivity index (χ2n) is 6.21. The molecule has 3 rings (SSSR count). The van der Waals surface area contributed by atoms with Gasteiger partial charge in [0.05, 0.1) is 5.92 Å². The second kappa shape index (κ2) is 7.19. The molecule has 3 aromatic rings. The molecule has 4 heteroatoms. The molecule has 0 saturated carbocycles. The number of thiophene rings is 1. The molecule has 3 nitrogen and oxygen atoms in total. The molecular formula is C21H21NO2S. The number of nitrogens with zero attached hydrogens (tertiary/aromatic N) is 1. The highest BCUT2D eigenvalue weighted by Crippen LogP contribution is 2.34. The van der Waals surface area contributed by atoms with Crippen LogP contribution in [0.3, 0.4) is 0 Å². The number of aromatic nitrogens is 1. The summed E-state index contributed by atoms with van der Waals surface area (Å²) < 4.78 is 1.12. The lowest BCUT2D eigenvalue weighted by Gasteiger charge is -2.08. The minimum Gasteiger partial charge on any atom is -0.481 e. The van der Waals surface area contributed by atoms with Gasteiger partial charge in [0.25, 0.3) is 0 Å². The molecule has 2 heterocycles. The fourth-order valence-electron chi connectivity index (χ4n) is 3.03. The maximum Gasteiger partial charge on any atom is 0.311 e. The Morgan fingerprint density at radius 3 is 2.72 bits per heavy atom. The quantitative estimate of drug-likeness (QED) is 0.645. The van der Waals surface area contributed by atoms with E-state index in [1.54, 1.807) is 11.3 Å². The van der Waals surface area contributed by atoms with Gasteiger partial charge < -0.3 is 5.11 Å². The number of fused-ring (bicyclic) bond motifs is 1. The predicted octanol–water partition coefficient (Wildman–Crippen LogP) is 5.66. The molecule has 0 radical (unpaired) electrons. The minimum absolute atomic E-state index is 0.434. The largest absolute Gasteiger partial charge is 0.481 e. The van der Waals surface area contributed by atoms with Crippen molar-refractivity contribution in [2.24, 2.45) is 0 Å². The summed E-state index contributed by atoms with van der Waals surface area (Å²) in [6, 6.07) is 10.3. The van der Waals surface area contributed by atoms with Crippen LogP contribution in [0.2, 0.25) is 0 Å². The van der Waals surface area contributed by atoms with Crippen LogP contribution >= 0.6 is 11.3 Å². The van der Waals surface area contributed by atoms with Gasteiger partial charge in [0.1, 0.15) is 0 Å². The summed E-state index contributed by atoms with van der Waals surface area (Å²) in [6.07, 6.45) is 4.75. The van der Waals surface area contributed by atoms with Gasteiger partial charge in [-0.15, -0.1) is 11.3 Å². The van der Waals surface area contributed by atoms with E-state index < -0.39 is 11.9 Å². The van der Waals surface area contributed by atoms with Gasteiger partial charge in [-0.25, -0.2) is 0 Å². The van der Waals surface area contributed by atoms with Crippen LogP contribution in [0.15, 0.2) is 35.7 Å². The van der Waals surface area contributed by atoms with Crippen LogP contribution < -0.4 is 0 Å². The summed E-state index contributed by atoms with van der Waals surface area (Å²) in [4.78, 5) is 15.9. The summed E-state index contributed by atoms with van der Waals surface area (Å²) in [5, 5.41) is 12.4. The molecule has 0 aliphatic carbocycles. The molecule has 0 amide bonds. The van der Waals surface area contributed by atoms with Crippen molar-refractivity contribution < 1.29 is 9.90 Å². The zero-order chi connectivity index (χ0) is 18.0. The van der Waals surface area contributed by atoms with Gasteiger partial charge in [-0.2, -0.15) is 0 Å². The number of carboxylic acids is 1. The molecule has 0 aliphatic rings. The molecule has 1 atom stereocenters. The lowest BCUT2D eigenvalue weighted by molar-refractivity contribution is -0.138. The Morgan fingerprint density at radius 2 is 2.04 bits per heavy atom. The number of hydrogen-bond donors (Lipinski definition) is 1. The summed E-state index contributed by atoms with van der Waals surface area (Å²) in [6.45, 7) is 5.92. The normalized spacial score (nSPS) is 12.8. The molecule has 128 valence electrons. The predicted molar refractivity (Wildman–Crippen MR) is 105 cm³/mol. The van der Waals surface area contributed by atoms with Gasteiger partial charge in [-0.3, -0.25) is 9.78 Å². The highest BCUT2D eigenvalue weighted by molar-refractivity contribution is 7.17. The van der Waals surface area contributed by atoms with E-state index in [-0.39, 0.29) is 0 Å². The van der Waals surface area contributed by atoms with Gasteiger partial charge in [0.15, 0.2) is 0 Å². The molecule has 1 aromatic carbocycles. The van der Waals surface area contributed by atoms with Crippen LogP contribution in [-0.4, -0.2) is 16.1 Å². The van der Waals surface area contributed by atoms with E-state index in [1.807, 2.05) is 44.4 Å². The van der Waals surface area contributed by atoms with Gasteiger partial charge in [-0.1, -0.05) is 37.3 Å². The minimum atomic E-state index is -0.756. The Balaban J connectivity index is 1.92. The number of carboxylic acid groups (broad SMARTS) is 1. The second-order valence-corrected chi connectivity index (χ2v) is 7.12. The van der Waals surface area contributed by atoms with Crippen LogP contribution in [-0.2, 0) is 4.79 Å². The number of rotatable bonds is 5. The number of benzene rings is 1. The van der Waals surface area contributed by atoms with Crippen molar-refractivity contribution >= 4 is 39.5 Å². The Hall–Kier alpha value is -2.46. The molecule has 0 saturated heterocycles. The highest BCUT2D eigenvalue weighted by Gasteiger charge is 2.20. The first-order valence-electron chi connectivity index (χ1n) is 8.36. The number of pyridine rings is 1. The molecule has 25 heavy (non-hydrogen) atoms. The maximum absolute atomic E-state index is 11.4. The SMILES string of the molecule is CCC(C(=O)O)c1csc2cc(C=Cc3ccc(C)nc3C)ccc12. The zero-order valence-corrected chi connectivity index (χ0v) is 15.4. The van der Waals surface area contributed by atoms with Crippen molar-refractivity contribution in [1.29, 1.82) is 0 Å². The van der Waals surface area contributed by atoms with Crippen molar-refractivity contribution in [1.82, 2.24) is 4.98 Å². The van der Waals surface area contributed by atoms with Crippen LogP contribution in [0.25, 0.3) is 22.2 Å². The summed E-state index contributed by atoms with van der Waals surface area (Å²) >= 11 is 1.61. The number of hydrogen-bond acceptors (Lipinski definition) is 3. The first-order chi connectivity index (χ1) is 12.0. The van der Waals surface area contributed by atoms with Crippen molar-refractivity contribution in [3.8, 4) is 0 Å². The number of aryl methyl sites for hydroxylation is 2. The van der Waals surface area contributed by atoms with E-state index in [9.17, 15) is 9.90 Å². The average molecular weight is 351 g/mol. The third-order valence-electron chi connectivity index (χ3n) is 4.43. The number of aliphatic carboxylic acids is 1. The third-order valence-corrected chi connectivity index (χ3v) is 5.40. The summed E-state index contributed by atoms with van der Waals surface area (Å²) in [7, 11) is 0. The molecule has 0 spiro atoms. The van der Waals surface area contributed by atoms with Crippen molar-refractivity contribution in [3.63, 3.8) is 0 Å². The molecule has 0 fully saturated rings. The van der Waals surface area contributed by atoms with E-state index >= 15 is 0 Å². The van der Waals surface area contributed by atoms with Crippen molar-refractivity contribution in [2.75, 3.05) is 0 Å². The lowest BCUT2D eigenvalue weighted by atomic mass is 9.96. The molecule has 0 aliphatic heterocycles. The fourth-order valence-corrected chi connectivity index (χ4v) is 4.09. The van der Waals surface area contributed by atoms with Gasteiger partial charge in [-0.05, 0) is 59.9 Å². The Labute approximate surface area is 151 Å². The summed E-state index contributed by atoms with van der Waals surface area (Å²) in [5.41, 5.74) is 5.16. The zero-order valence-electron chi connectivity index (χ0n) is 14.6. The number of carbonyl (C=O) groups is 1. The van der Waals surface area contributed by atoms with Crippen LogP contribution in [0.4, 0.5) is 0 Å². The van der Waals surface area contributed by atoms with Gasteiger partial charge in [0.2, 0.25) is 0 Å². The highest BCUT2D eigenvalue weighted by atomic mass is 32.1. The Morgan fingerprint density at radius 1 is 1.24 bits per heavy atom. The molecular weight excluding hydrogens is 330 g/mol. The van der Waals surface area contributed by atoms with E-state index in [0.29, 0.717) is 6.42 Å². The smallest absolute Gasteiger partial charge is 0.311 e. The van der Waals surface area contributed by atoms with E-state index in [0.717, 1.165) is 38.2 Å². The average Bonchev–Trinajstić information content (AvgIpc) is 2.97. The van der Waals surface area contributed by atoms with Crippen LogP contribution in [0.5, 0.6) is 0 Å². The van der Waals surface area contributed by atoms with Crippen LogP contribution in [0.1, 0.15) is 47.3 Å². The van der Waals surface area contributed by atoms with Crippen molar-refractivity contribution in [2.45, 2.75) is 33.1 Å². The van der Waals surface area contributed by atoms with E-state index in [1.165, 1.54) is 0 Å². The lowest BCUT2D eigenvalue weighted by Crippen LogP contribution is -2.09. The van der Waals surface area contributed by atoms with E-state index in [4.69, 9.17) is 0 Å². The first kappa shape index (κ1) is 17.4. The standard InChI is InChI=1S/C21H21NO2S/c1-4-17(21(23)24)19-12-25-20-11-15(7-10-18(19)20)6-9-16-8-5-13(2)22-14(16)3/h5-12,17H,4H2,1-3H3,(H,23,24). The third kappa shape index (κ3) is 3.64. The fraction of sp³-hybridized carbons (Fsp3) is 0.238. The monoisotopic (exact) mass is 351 g/mol. The Bertz CT molecular complexity index is 956. The molecule has 0 bridgehead atoms. The van der Waals surface area contributed by atoms with E-state index in [2.05, 4.69) is 29.3 Å². The topological polar surface area (TPSA) is 50.2 Å². The van der Waals surface area contributed by atoms with Gasteiger partial charge >= 0.3 is 5.97 Å². The summed E-state index contributed by atoms with van der Waals surface area (Å²) in [5.74, 6) is -1.19. The first-order valence-corrected chi connectivity index (χ1v) is 9.24. The van der Waals surface area contributed by atoms with Gasteiger partial charge in [0, 0.05) is 16.1 Å². The Kier molecular flexibility index (Phi) is 5.00.